The maximum absolute atomic E-state index is 13.6. The first-order valence-corrected chi connectivity index (χ1v) is 11.3. The molecule has 0 saturated carbocycles. The molecule has 1 atom stereocenters. The van der Waals surface area contributed by atoms with Crippen molar-refractivity contribution in [2.24, 2.45) is 0 Å². The lowest BCUT2D eigenvalue weighted by molar-refractivity contribution is -0.140. The molecule has 0 aliphatic carbocycles. The van der Waals surface area contributed by atoms with Crippen LogP contribution in [0.4, 0.5) is 9.18 Å². The van der Waals surface area contributed by atoms with E-state index in [-0.39, 0.29) is 12.2 Å². The Morgan fingerprint density at radius 1 is 1.03 bits per heavy atom. The van der Waals surface area contributed by atoms with E-state index in [2.05, 4.69) is 16.7 Å². The number of hydrogen-bond donors (Lipinski definition) is 2. The van der Waals surface area contributed by atoms with E-state index in [4.69, 9.17) is 14.7 Å². The summed E-state index contributed by atoms with van der Waals surface area (Å²) in [6, 6.07) is 20.8. The maximum Gasteiger partial charge on any atom is 0.338 e. The molecule has 1 unspecified atom stereocenters. The molecule has 1 aliphatic heterocycles. The number of halogens is 1. The lowest BCUT2D eigenvalue weighted by atomic mass is 9.92. The number of nitrogens with zero attached hydrogens (tertiary/aromatic N) is 1. The smallest absolute Gasteiger partial charge is 0.338 e. The van der Waals surface area contributed by atoms with Crippen molar-refractivity contribution in [3.63, 3.8) is 0 Å². The minimum Gasteiger partial charge on any atom is -0.497 e. The molecule has 36 heavy (non-hydrogen) atoms. The first-order valence-electron chi connectivity index (χ1n) is 11.3. The van der Waals surface area contributed by atoms with Crippen LogP contribution in [0.2, 0.25) is 0 Å². The van der Waals surface area contributed by atoms with Gasteiger partial charge in [0.15, 0.2) is 0 Å². The van der Waals surface area contributed by atoms with Crippen LogP contribution in [0, 0.1) is 17.1 Å². The SMILES string of the molecule is COc1cccc(CCC2=C(C(=O)OCc3cccc(F)c3)C(c3ccc(C#N)cc3)NC(=O)N2)c1. The molecule has 0 fully saturated rings. The van der Waals surface area contributed by atoms with Crippen LogP contribution in [0.15, 0.2) is 84.1 Å². The van der Waals surface area contributed by atoms with E-state index in [0.29, 0.717) is 41.0 Å². The van der Waals surface area contributed by atoms with Gasteiger partial charge in [0.2, 0.25) is 0 Å². The van der Waals surface area contributed by atoms with Crippen molar-refractivity contribution in [2.45, 2.75) is 25.5 Å². The van der Waals surface area contributed by atoms with Crippen molar-refractivity contribution >= 4 is 12.0 Å². The molecule has 0 bridgehead atoms. The standard InChI is InChI=1S/C28H24FN3O4/c1-35-23-7-3-4-18(15-23)10-13-24-25(27(33)36-17-20-5-2-6-22(29)14-20)26(32-28(34)31-24)21-11-8-19(16-30)9-12-21/h2-9,11-12,14-15,26H,10,13,17H2,1H3,(H2,31,32,34). The van der Waals surface area contributed by atoms with Gasteiger partial charge >= 0.3 is 12.0 Å². The van der Waals surface area contributed by atoms with E-state index in [1.165, 1.54) is 12.1 Å². The number of urea groups is 1. The number of carbonyl (C=O) groups is 2. The Hall–Kier alpha value is -4.64. The third-order valence-corrected chi connectivity index (χ3v) is 5.80. The maximum atomic E-state index is 13.6. The summed E-state index contributed by atoms with van der Waals surface area (Å²) < 4.78 is 24.4. The molecule has 2 N–H and O–H groups in total. The lowest BCUT2D eigenvalue weighted by Gasteiger charge is -2.29. The fraction of sp³-hybridized carbons (Fsp3) is 0.179. The van der Waals surface area contributed by atoms with Gasteiger partial charge in [0.25, 0.3) is 0 Å². The van der Waals surface area contributed by atoms with Crippen LogP contribution in [0.3, 0.4) is 0 Å². The summed E-state index contributed by atoms with van der Waals surface area (Å²) in [7, 11) is 1.59. The zero-order valence-corrected chi connectivity index (χ0v) is 19.6. The highest BCUT2D eigenvalue weighted by molar-refractivity contribution is 5.95. The number of hydrogen-bond acceptors (Lipinski definition) is 5. The zero-order valence-electron chi connectivity index (χ0n) is 19.6. The topological polar surface area (TPSA) is 100 Å². The zero-order chi connectivity index (χ0) is 25.5. The quantitative estimate of drug-likeness (QED) is 0.451. The molecule has 2 amide bonds. The summed E-state index contributed by atoms with van der Waals surface area (Å²) in [5, 5.41) is 14.7. The van der Waals surface area contributed by atoms with Gasteiger partial charge in [0, 0.05) is 5.70 Å². The lowest BCUT2D eigenvalue weighted by Crippen LogP contribution is -2.46. The number of allylic oxidation sites excluding steroid dienone is 1. The first kappa shape index (κ1) is 24.5. The van der Waals surface area contributed by atoms with Gasteiger partial charge in [-0.3, -0.25) is 0 Å². The average Bonchev–Trinajstić information content (AvgIpc) is 2.90. The molecule has 1 heterocycles. The first-order chi connectivity index (χ1) is 17.5. The molecule has 8 heteroatoms. The molecule has 0 aromatic heterocycles. The second kappa shape index (κ2) is 11.2. The van der Waals surface area contributed by atoms with Gasteiger partial charge in [-0.2, -0.15) is 5.26 Å². The van der Waals surface area contributed by atoms with Crippen LogP contribution in [0.1, 0.15) is 34.7 Å². The van der Waals surface area contributed by atoms with E-state index in [1.54, 1.807) is 43.5 Å². The number of nitriles is 1. The van der Waals surface area contributed by atoms with Crippen molar-refractivity contribution in [1.82, 2.24) is 10.6 Å². The summed E-state index contributed by atoms with van der Waals surface area (Å²) in [6.07, 6.45) is 0.894. The molecular weight excluding hydrogens is 461 g/mol. The normalized spacial score (nSPS) is 14.9. The van der Waals surface area contributed by atoms with Crippen LogP contribution in [0.25, 0.3) is 0 Å². The molecule has 0 radical (unpaired) electrons. The summed E-state index contributed by atoms with van der Waals surface area (Å²) >= 11 is 0. The fourth-order valence-electron chi connectivity index (χ4n) is 4.01. The van der Waals surface area contributed by atoms with Crippen LogP contribution < -0.4 is 15.4 Å². The second-order valence-corrected chi connectivity index (χ2v) is 8.22. The van der Waals surface area contributed by atoms with Crippen LogP contribution in [0.5, 0.6) is 5.75 Å². The largest absolute Gasteiger partial charge is 0.497 e. The summed E-state index contributed by atoms with van der Waals surface area (Å²) in [5.41, 5.74) is 3.23. The van der Waals surface area contributed by atoms with E-state index >= 15 is 0 Å². The Morgan fingerprint density at radius 2 is 1.78 bits per heavy atom. The van der Waals surface area contributed by atoms with Gasteiger partial charge in [0.1, 0.15) is 18.2 Å². The van der Waals surface area contributed by atoms with Crippen molar-refractivity contribution in [2.75, 3.05) is 7.11 Å². The predicted molar refractivity (Wildman–Crippen MR) is 130 cm³/mol. The summed E-state index contributed by atoms with van der Waals surface area (Å²) in [5.74, 6) is -0.355. The van der Waals surface area contributed by atoms with Gasteiger partial charge in [-0.25, -0.2) is 14.0 Å². The minimum atomic E-state index is -0.785. The summed E-state index contributed by atoms with van der Waals surface area (Å²) in [6.45, 7) is -0.128. The predicted octanol–water partition coefficient (Wildman–Crippen LogP) is 4.69. The molecule has 4 rings (SSSR count). The molecule has 3 aromatic rings. The number of carbonyl (C=O) groups excluding carboxylic acids is 2. The van der Waals surface area contributed by atoms with Crippen molar-refractivity contribution in [1.29, 1.82) is 5.26 Å². The molecule has 1 aliphatic rings. The molecule has 0 saturated heterocycles. The average molecular weight is 486 g/mol. The highest BCUT2D eigenvalue weighted by Gasteiger charge is 2.33. The number of benzene rings is 3. The number of aryl methyl sites for hydroxylation is 1. The Labute approximate surface area is 208 Å². The molecular formula is C28H24FN3O4. The number of ether oxygens (including phenoxy) is 2. The van der Waals surface area contributed by atoms with Crippen molar-refractivity contribution in [3.8, 4) is 11.8 Å². The van der Waals surface area contributed by atoms with Gasteiger partial charge in [0.05, 0.1) is 30.4 Å². The van der Waals surface area contributed by atoms with Crippen LogP contribution in [-0.4, -0.2) is 19.1 Å². The number of nitrogens with one attached hydrogen (secondary N) is 2. The van der Waals surface area contributed by atoms with Crippen LogP contribution in [-0.2, 0) is 22.6 Å². The molecule has 7 nitrogen and oxygen atoms in total. The van der Waals surface area contributed by atoms with Crippen LogP contribution >= 0.6 is 0 Å². The summed E-state index contributed by atoms with van der Waals surface area (Å²) in [4.78, 5) is 25.9. The Bertz CT molecular complexity index is 1350. The Kier molecular flexibility index (Phi) is 7.61. The van der Waals surface area contributed by atoms with Gasteiger partial charge < -0.3 is 20.1 Å². The number of methoxy groups -OCH3 is 1. The second-order valence-electron chi connectivity index (χ2n) is 8.22. The van der Waals surface area contributed by atoms with Gasteiger partial charge in [-0.15, -0.1) is 0 Å². The van der Waals surface area contributed by atoms with E-state index in [1.807, 2.05) is 24.3 Å². The number of amides is 2. The third-order valence-electron chi connectivity index (χ3n) is 5.80. The van der Waals surface area contributed by atoms with E-state index in [9.17, 15) is 14.0 Å². The highest BCUT2D eigenvalue weighted by atomic mass is 19.1. The minimum absolute atomic E-state index is 0.128. The molecule has 0 spiro atoms. The number of rotatable bonds is 8. The van der Waals surface area contributed by atoms with Crippen molar-refractivity contribution < 1.29 is 23.5 Å². The monoisotopic (exact) mass is 485 g/mol. The van der Waals surface area contributed by atoms with Gasteiger partial charge in [-0.05, 0) is 65.9 Å². The Balaban J connectivity index is 1.66. The van der Waals surface area contributed by atoms with E-state index < -0.39 is 23.9 Å². The van der Waals surface area contributed by atoms with Gasteiger partial charge in [-0.1, -0.05) is 36.4 Å². The molecule has 182 valence electrons. The van der Waals surface area contributed by atoms with Crippen molar-refractivity contribution in [3.05, 3.63) is 112 Å². The fourth-order valence-corrected chi connectivity index (χ4v) is 4.01. The highest BCUT2D eigenvalue weighted by Crippen LogP contribution is 2.30. The van der Waals surface area contributed by atoms with E-state index in [0.717, 1.165) is 5.56 Å². The number of esters is 1. The molecule has 3 aromatic carbocycles. The third kappa shape index (κ3) is 5.88. The Morgan fingerprint density at radius 3 is 2.50 bits per heavy atom.